The average molecular weight is 384 g/mol. The fraction of sp³-hybridized carbons (Fsp3) is 0.316. The van der Waals surface area contributed by atoms with Gasteiger partial charge in [0.25, 0.3) is 0 Å². The first-order valence-electron chi connectivity index (χ1n) is 8.27. The van der Waals surface area contributed by atoms with Gasteiger partial charge in [0.05, 0.1) is 27.4 Å². The second-order valence-corrected chi connectivity index (χ2v) is 6.89. The second-order valence-electron chi connectivity index (χ2n) is 5.91. The number of likely N-dealkylation sites (N-methyl/N-ethyl adjacent to an activating group) is 1. The molecule has 0 bridgehead atoms. The van der Waals surface area contributed by atoms with Gasteiger partial charge in [-0.15, -0.1) is 11.3 Å². The van der Waals surface area contributed by atoms with Gasteiger partial charge in [-0.3, -0.25) is 0 Å². The third-order valence-electron chi connectivity index (χ3n) is 4.29. The van der Waals surface area contributed by atoms with E-state index in [0.717, 1.165) is 21.3 Å². The number of rotatable bonds is 6. The summed E-state index contributed by atoms with van der Waals surface area (Å²) in [5.41, 5.74) is 1.65. The quantitative estimate of drug-likeness (QED) is 0.654. The summed E-state index contributed by atoms with van der Waals surface area (Å²) in [7, 11) is 5.03. The number of aryl methyl sites for hydroxylation is 1. The monoisotopic (exact) mass is 384 g/mol. The Labute approximate surface area is 161 Å². The van der Waals surface area contributed by atoms with E-state index >= 15 is 0 Å². The number of methoxy groups -OCH3 is 2. The number of thiophene rings is 1. The van der Waals surface area contributed by atoms with Crippen molar-refractivity contribution < 1.29 is 14.6 Å². The topological polar surface area (TPSA) is 72.1 Å². The van der Waals surface area contributed by atoms with Crippen molar-refractivity contribution in [1.82, 2.24) is 9.97 Å². The van der Waals surface area contributed by atoms with Crippen molar-refractivity contribution in [2.24, 2.45) is 0 Å². The van der Waals surface area contributed by atoms with Crippen LogP contribution in [0.3, 0.4) is 0 Å². The summed E-state index contributed by atoms with van der Waals surface area (Å²) in [4.78, 5) is 15.7. The highest BCUT2D eigenvalue weighted by atomic mass is 32.1. The molecule has 0 atom stereocenters. The number of ether oxygens (including phenoxy) is 2. The Morgan fingerprint density at radius 2 is 1.96 bits per heavy atom. The Bertz CT molecular complexity index is 1030. The molecule has 0 amide bonds. The molecule has 27 heavy (non-hydrogen) atoms. The number of aliphatic hydroxyl groups excluding tert-OH is 1. The van der Waals surface area contributed by atoms with Gasteiger partial charge >= 0.3 is 0 Å². The van der Waals surface area contributed by atoms with E-state index in [0.29, 0.717) is 34.7 Å². The Morgan fingerprint density at radius 1 is 1.22 bits per heavy atom. The van der Waals surface area contributed by atoms with Crippen molar-refractivity contribution in [3.8, 4) is 22.9 Å². The zero-order valence-corrected chi connectivity index (χ0v) is 16.4. The molecular weight excluding hydrogens is 364 g/mol. The minimum Gasteiger partial charge on any atom is -0.493 e. The SMILES string of the molecule is [C-]#[N+]c1sc2nc(-c3ccc(OC)c(OC)c3)nc(N(C)CCO)c2c1C. The number of aliphatic hydroxyl groups is 1. The van der Waals surface area contributed by atoms with Crippen molar-refractivity contribution >= 4 is 32.4 Å². The zero-order valence-electron chi connectivity index (χ0n) is 15.6. The molecule has 0 aliphatic heterocycles. The lowest BCUT2D eigenvalue weighted by molar-refractivity contribution is 0.304. The molecule has 0 aliphatic carbocycles. The molecule has 2 aromatic heterocycles. The van der Waals surface area contributed by atoms with Gasteiger partial charge in [0, 0.05) is 24.5 Å². The molecule has 7 nitrogen and oxygen atoms in total. The average Bonchev–Trinajstić information content (AvgIpc) is 3.02. The molecule has 3 rings (SSSR count). The Balaban J connectivity index is 2.24. The van der Waals surface area contributed by atoms with E-state index in [4.69, 9.17) is 21.0 Å². The molecule has 0 fully saturated rings. The standard InChI is InChI=1S/C19H20N4O3S/c1-11-15-17(23(3)8-9-24)21-16(22-19(15)27-18(11)20-2)12-6-7-13(25-4)14(10-12)26-5/h6-7,10,24H,8-9H2,1,3-5H3. The van der Waals surface area contributed by atoms with Crippen molar-refractivity contribution in [2.75, 3.05) is 39.3 Å². The van der Waals surface area contributed by atoms with Crippen LogP contribution in [0.2, 0.25) is 0 Å². The van der Waals surface area contributed by atoms with Crippen LogP contribution in [0.1, 0.15) is 5.56 Å². The van der Waals surface area contributed by atoms with Crippen molar-refractivity contribution in [3.05, 3.63) is 35.2 Å². The zero-order chi connectivity index (χ0) is 19.6. The highest BCUT2D eigenvalue weighted by Gasteiger charge is 2.20. The van der Waals surface area contributed by atoms with E-state index in [1.807, 2.05) is 37.1 Å². The Hall–Kier alpha value is -2.89. The van der Waals surface area contributed by atoms with E-state index in [-0.39, 0.29) is 6.61 Å². The minimum atomic E-state index is 0.00650. The smallest absolute Gasteiger partial charge is 0.246 e. The number of nitrogens with zero attached hydrogens (tertiary/aromatic N) is 4. The molecule has 0 saturated heterocycles. The molecule has 1 aromatic carbocycles. The highest BCUT2D eigenvalue weighted by Crippen LogP contribution is 2.41. The highest BCUT2D eigenvalue weighted by molar-refractivity contribution is 7.22. The number of hydrogen-bond donors (Lipinski definition) is 1. The largest absolute Gasteiger partial charge is 0.493 e. The van der Waals surface area contributed by atoms with Crippen LogP contribution >= 0.6 is 11.3 Å². The number of anilines is 1. The lowest BCUT2D eigenvalue weighted by Gasteiger charge is -2.19. The third kappa shape index (κ3) is 3.39. The summed E-state index contributed by atoms with van der Waals surface area (Å²) in [5, 5.41) is 10.8. The molecule has 0 radical (unpaired) electrons. The van der Waals surface area contributed by atoms with Gasteiger partial charge in [0.15, 0.2) is 17.3 Å². The van der Waals surface area contributed by atoms with Crippen molar-refractivity contribution in [1.29, 1.82) is 0 Å². The van der Waals surface area contributed by atoms with Gasteiger partial charge in [0.2, 0.25) is 5.00 Å². The predicted octanol–water partition coefficient (Wildman–Crippen LogP) is 3.66. The lowest BCUT2D eigenvalue weighted by atomic mass is 10.1. The molecule has 3 aromatic rings. The predicted molar refractivity (Wildman–Crippen MR) is 107 cm³/mol. The summed E-state index contributed by atoms with van der Waals surface area (Å²) in [6.07, 6.45) is 0. The molecule has 1 N–H and O–H groups in total. The Morgan fingerprint density at radius 3 is 2.59 bits per heavy atom. The summed E-state index contributed by atoms with van der Waals surface area (Å²) < 4.78 is 10.7. The third-order valence-corrected chi connectivity index (χ3v) is 5.37. The fourth-order valence-electron chi connectivity index (χ4n) is 2.85. The maximum atomic E-state index is 9.34. The van der Waals surface area contributed by atoms with E-state index in [1.54, 1.807) is 14.2 Å². The van der Waals surface area contributed by atoms with Gasteiger partial charge in [-0.05, 0) is 30.7 Å². The molecule has 0 aliphatic rings. The first-order valence-corrected chi connectivity index (χ1v) is 9.08. The van der Waals surface area contributed by atoms with Crippen LogP contribution in [0.25, 0.3) is 26.4 Å². The van der Waals surface area contributed by atoms with Crippen molar-refractivity contribution in [3.63, 3.8) is 0 Å². The molecule has 0 spiro atoms. The minimum absolute atomic E-state index is 0.00650. The number of benzene rings is 1. The molecule has 140 valence electrons. The first kappa shape index (κ1) is 18.9. The van der Waals surface area contributed by atoms with Crippen LogP contribution in [-0.2, 0) is 0 Å². The van der Waals surface area contributed by atoms with Crippen LogP contribution in [0.5, 0.6) is 11.5 Å². The van der Waals surface area contributed by atoms with E-state index < -0.39 is 0 Å². The molecule has 0 saturated carbocycles. The van der Waals surface area contributed by atoms with Gasteiger partial charge in [0.1, 0.15) is 10.6 Å². The molecule has 0 unspecified atom stereocenters. The maximum Gasteiger partial charge on any atom is 0.246 e. The maximum absolute atomic E-state index is 9.34. The summed E-state index contributed by atoms with van der Waals surface area (Å²) in [6.45, 7) is 9.74. The number of aromatic nitrogens is 2. The van der Waals surface area contributed by atoms with Crippen LogP contribution in [-0.4, -0.2) is 49.5 Å². The number of fused-ring (bicyclic) bond motifs is 1. The normalized spacial score (nSPS) is 10.7. The lowest BCUT2D eigenvalue weighted by Crippen LogP contribution is -2.22. The van der Waals surface area contributed by atoms with E-state index in [9.17, 15) is 5.11 Å². The van der Waals surface area contributed by atoms with Crippen molar-refractivity contribution in [2.45, 2.75) is 6.92 Å². The van der Waals surface area contributed by atoms with E-state index in [2.05, 4.69) is 9.83 Å². The molecular formula is C19H20N4O3S. The first-order chi connectivity index (χ1) is 13.0. The summed E-state index contributed by atoms with van der Waals surface area (Å²) in [5.74, 6) is 2.44. The van der Waals surface area contributed by atoms with E-state index in [1.165, 1.54) is 11.3 Å². The second kappa shape index (κ2) is 7.78. The van der Waals surface area contributed by atoms with Gasteiger partial charge in [-0.1, -0.05) is 0 Å². The van der Waals surface area contributed by atoms with Gasteiger partial charge in [-0.25, -0.2) is 14.8 Å². The van der Waals surface area contributed by atoms with Crippen LogP contribution < -0.4 is 14.4 Å². The van der Waals surface area contributed by atoms with Crippen LogP contribution in [0.4, 0.5) is 10.8 Å². The fourth-order valence-corrected chi connectivity index (χ4v) is 3.81. The van der Waals surface area contributed by atoms with Gasteiger partial charge in [-0.2, -0.15) is 0 Å². The van der Waals surface area contributed by atoms with Crippen LogP contribution in [0, 0.1) is 13.5 Å². The molecule has 8 heteroatoms. The Kier molecular flexibility index (Phi) is 5.44. The summed E-state index contributed by atoms with van der Waals surface area (Å²) in [6, 6.07) is 5.50. The molecule has 2 heterocycles. The summed E-state index contributed by atoms with van der Waals surface area (Å²) >= 11 is 1.35. The van der Waals surface area contributed by atoms with Crippen LogP contribution in [0.15, 0.2) is 18.2 Å². The van der Waals surface area contributed by atoms with Gasteiger partial charge < -0.3 is 19.5 Å². The number of hydrogen-bond acceptors (Lipinski definition) is 7.